The van der Waals surface area contributed by atoms with Gasteiger partial charge in [0.05, 0.1) is 11.3 Å². The zero-order valence-corrected chi connectivity index (χ0v) is 10.3. The topological polar surface area (TPSA) is 86.2 Å². The highest BCUT2D eigenvalue weighted by molar-refractivity contribution is 5.70. The molecule has 3 N–H and O–H groups in total. The smallest absolute Gasteiger partial charge is 0.153 e. The Morgan fingerprint density at radius 2 is 2.33 bits per heavy atom. The van der Waals surface area contributed by atoms with Gasteiger partial charge in [-0.25, -0.2) is 4.98 Å². The number of nitriles is 1. The molecule has 1 heterocycles. The molecule has 18 heavy (non-hydrogen) atoms. The van der Waals surface area contributed by atoms with Crippen LogP contribution in [0.4, 0.5) is 11.5 Å². The fourth-order valence-electron chi connectivity index (χ4n) is 2.19. The average molecular weight is 246 g/mol. The predicted molar refractivity (Wildman–Crippen MR) is 70.1 cm³/mol. The Hall–Kier alpha value is -1.80. The summed E-state index contributed by atoms with van der Waals surface area (Å²) >= 11 is 0. The lowest BCUT2D eigenvalue weighted by molar-refractivity contribution is 0.282. The van der Waals surface area contributed by atoms with Gasteiger partial charge in [0.15, 0.2) is 5.82 Å². The van der Waals surface area contributed by atoms with Crippen LogP contribution in [0.3, 0.4) is 0 Å². The summed E-state index contributed by atoms with van der Waals surface area (Å²) in [5, 5.41) is 18.0. The van der Waals surface area contributed by atoms with Gasteiger partial charge in [0.1, 0.15) is 6.07 Å². The average Bonchev–Trinajstić information content (AvgIpc) is 2.32. The molecule has 0 aromatic carbocycles. The van der Waals surface area contributed by atoms with Gasteiger partial charge in [0.25, 0.3) is 0 Å². The third kappa shape index (κ3) is 2.39. The van der Waals surface area contributed by atoms with Gasteiger partial charge in [-0.05, 0) is 31.7 Å². The molecule has 96 valence electrons. The van der Waals surface area contributed by atoms with Gasteiger partial charge in [-0.15, -0.1) is 0 Å². The first-order valence-electron chi connectivity index (χ1n) is 6.30. The zero-order chi connectivity index (χ0) is 13.0. The summed E-state index contributed by atoms with van der Waals surface area (Å²) < 4.78 is 0. The molecule has 0 unspecified atom stereocenters. The van der Waals surface area contributed by atoms with Crippen LogP contribution in [0.2, 0.25) is 0 Å². The third-order valence-electron chi connectivity index (χ3n) is 3.43. The van der Waals surface area contributed by atoms with Crippen LogP contribution in [-0.2, 0) is 0 Å². The number of hydrogen-bond donors (Lipinski definition) is 2. The lowest BCUT2D eigenvalue weighted by atomic mass is 9.91. The summed E-state index contributed by atoms with van der Waals surface area (Å²) in [6.45, 7) is 0.883. The van der Waals surface area contributed by atoms with Crippen molar-refractivity contribution < 1.29 is 5.11 Å². The molecule has 0 atom stereocenters. The summed E-state index contributed by atoms with van der Waals surface area (Å²) in [4.78, 5) is 6.45. The maximum absolute atomic E-state index is 8.99. The van der Waals surface area contributed by atoms with E-state index in [1.54, 1.807) is 12.3 Å². The minimum absolute atomic E-state index is 0.154. The van der Waals surface area contributed by atoms with E-state index < -0.39 is 0 Å². The second-order valence-electron chi connectivity index (χ2n) is 4.56. The lowest BCUT2D eigenvalue weighted by Crippen LogP contribution is -2.42. The highest BCUT2D eigenvalue weighted by Crippen LogP contribution is 2.32. The molecule has 0 radical (unpaired) electrons. The molecule has 5 heteroatoms. The molecular weight excluding hydrogens is 228 g/mol. The van der Waals surface area contributed by atoms with Crippen molar-refractivity contribution in [2.45, 2.75) is 31.7 Å². The molecule has 0 saturated heterocycles. The lowest BCUT2D eigenvalue weighted by Gasteiger charge is -2.39. The maximum Gasteiger partial charge on any atom is 0.153 e. The van der Waals surface area contributed by atoms with Gasteiger partial charge in [-0.2, -0.15) is 5.26 Å². The second kappa shape index (κ2) is 5.69. The van der Waals surface area contributed by atoms with E-state index in [0.717, 1.165) is 19.4 Å². The van der Waals surface area contributed by atoms with Crippen LogP contribution in [0.25, 0.3) is 0 Å². The Morgan fingerprint density at radius 3 is 2.89 bits per heavy atom. The second-order valence-corrected chi connectivity index (χ2v) is 4.56. The quantitative estimate of drug-likeness (QED) is 0.817. The Labute approximate surface area is 107 Å². The van der Waals surface area contributed by atoms with Crippen LogP contribution in [0.1, 0.15) is 31.2 Å². The van der Waals surface area contributed by atoms with Gasteiger partial charge in [0.2, 0.25) is 0 Å². The molecular formula is C13H18N4O. The van der Waals surface area contributed by atoms with E-state index in [1.165, 1.54) is 6.42 Å². The number of pyridine rings is 1. The van der Waals surface area contributed by atoms with Gasteiger partial charge < -0.3 is 15.7 Å². The molecule has 1 aliphatic rings. The number of aliphatic hydroxyl groups is 1. The van der Waals surface area contributed by atoms with Crippen LogP contribution < -0.4 is 10.6 Å². The van der Waals surface area contributed by atoms with E-state index in [9.17, 15) is 0 Å². The number of hydrogen-bond acceptors (Lipinski definition) is 5. The number of rotatable bonds is 5. The molecule has 1 saturated carbocycles. The number of nitrogens with two attached hydrogens (primary N) is 1. The van der Waals surface area contributed by atoms with E-state index in [4.69, 9.17) is 16.1 Å². The summed E-state index contributed by atoms with van der Waals surface area (Å²) in [5.41, 5.74) is 6.91. The molecule has 1 aromatic heterocycles. The SMILES string of the molecule is N#Cc1ccnc(N(CCCO)C2CCC2)c1N. The highest BCUT2D eigenvalue weighted by atomic mass is 16.3. The van der Waals surface area contributed by atoms with Crippen molar-refractivity contribution in [2.24, 2.45) is 0 Å². The van der Waals surface area contributed by atoms with Crippen molar-refractivity contribution in [3.05, 3.63) is 17.8 Å². The monoisotopic (exact) mass is 246 g/mol. The van der Waals surface area contributed by atoms with E-state index in [0.29, 0.717) is 29.5 Å². The third-order valence-corrected chi connectivity index (χ3v) is 3.43. The van der Waals surface area contributed by atoms with Gasteiger partial charge in [0, 0.05) is 25.4 Å². The first kappa shape index (κ1) is 12.7. The van der Waals surface area contributed by atoms with Crippen molar-refractivity contribution in [1.29, 1.82) is 5.26 Å². The fraction of sp³-hybridized carbons (Fsp3) is 0.538. The normalized spacial score (nSPS) is 14.9. The number of aliphatic hydroxyl groups excluding tert-OH is 1. The maximum atomic E-state index is 8.99. The predicted octanol–water partition coefficient (Wildman–Crippen LogP) is 1.28. The van der Waals surface area contributed by atoms with Gasteiger partial charge in [-0.3, -0.25) is 0 Å². The van der Waals surface area contributed by atoms with Crippen molar-refractivity contribution in [3.8, 4) is 6.07 Å². The van der Waals surface area contributed by atoms with Crippen molar-refractivity contribution in [3.63, 3.8) is 0 Å². The highest BCUT2D eigenvalue weighted by Gasteiger charge is 2.27. The Bertz CT molecular complexity index is 451. The summed E-state index contributed by atoms with van der Waals surface area (Å²) in [6.07, 6.45) is 5.79. The fourth-order valence-corrected chi connectivity index (χ4v) is 2.19. The van der Waals surface area contributed by atoms with Crippen LogP contribution in [0, 0.1) is 11.3 Å². The number of nitrogen functional groups attached to an aromatic ring is 1. The standard InChI is InChI=1S/C13H18N4O/c14-9-10-5-6-16-13(12(10)15)17(7-2-8-18)11-3-1-4-11/h5-6,11,18H,1-4,7-8,15H2. The number of nitrogens with zero attached hydrogens (tertiary/aromatic N) is 3. The first-order chi connectivity index (χ1) is 8.77. The van der Waals surface area contributed by atoms with Gasteiger partial charge in [-0.1, -0.05) is 0 Å². The zero-order valence-electron chi connectivity index (χ0n) is 10.3. The molecule has 1 aromatic rings. The van der Waals surface area contributed by atoms with Crippen molar-refractivity contribution in [2.75, 3.05) is 23.8 Å². The number of anilines is 2. The molecule has 0 bridgehead atoms. The van der Waals surface area contributed by atoms with Crippen LogP contribution in [0.15, 0.2) is 12.3 Å². The minimum Gasteiger partial charge on any atom is -0.396 e. The van der Waals surface area contributed by atoms with Gasteiger partial charge >= 0.3 is 0 Å². The Kier molecular flexibility index (Phi) is 4.00. The van der Waals surface area contributed by atoms with Crippen molar-refractivity contribution in [1.82, 2.24) is 4.98 Å². The Balaban J connectivity index is 2.26. The first-order valence-corrected chi connectivity index (χ1v) is 6.30. The largest absolute Gasteiger partial charge is 0.396 e. The van der Waals surface area contributed by atoms with Crippen LogP contribution in [0.5, 0.6) is 0 Å². The van der Waals surface area contributed by atoms with E-state index in [1.807, 2.05) is 0 Å². The molecule has 5 nitrogen and oxygen atoms in total. The number of aromatic nitrogens is 1. The molecule has 1 fully saturated rings. The summed E-state index contributed by atoms with van der Waals surface area (Å²) in [5.74, 6) is 0.687. The van der Waals surface area contributed by atoms with E-state index in [2.05, 4.69) is 16.0 Å². The molecule has 1 aliphatic carbocycles. The minimum atomic E-state index is 0.154. The van der Waals surface area contributed by atoms with Crippen LogP contribution >= 0.6 is 0 Å². The van der Waals surface area contributed by atoms with E-state index >= 15 is 0 Å². The summed E-state index contributed by atoms with van der Waals surface area (Å²) in [7, 11) is 0. The van der Waals surface area contributed by atoms with Crippen LogP contribution in [-0.4, -0.2) is 29.3 Å². The molecule has 0 amide bonds. The molecule has 2 rings (SSSR count). The molecule has 0 spiro atoms. The van der Waals surface area contributed by atoms with Crippen molar-refractivity contribution >= 4 is 11.5 Å². The molecule has 0 aliphatic heterocycles. The Morgan fingerprint density at radius 1 is 1.56 bits per heavy atom. The summed E-state index contributed by atoms with van der Waals surface area (Å²) in [6, 6.07) is 4.15. The van der Waals surface area contributed by atoms with E-state index in [-0.39, 0.29) is 6.61 Å².